The second kappa shape index (κ2) is 13.0. The van der Waals surface area contributed by atoms with Gasteiger partial charge in [0.1, 0.15) is 11.6 Å². The van der Waals surface area contributed by atoms with Crippen LogP contribution in [0, 0.1) is 11.6 Å². The van der Waals surface area contributed by atoms with E-state index in [4.69, 9.17) is 19.3 Å². The molecule has 0 saturated carbocycles. The number of hydrogen-bond donors (Lipinski definition) is 1. The molecule has 2 aromatic carbocycles. The van der Waals surface area contributed by atoms with Crippen molar-refractivity contribution in [3.63, 3.8) is 0 Å². The number of carbonyl (C=O) groups excluding carboxylic acids is 1. The third-order valence-corrected chi connectivity index (χ3v) is 5.04. The molecule has 0 fully saturated rings. The van der Waals surface area contributed by atoms with Crippen LogP contribution in [0.2, 0.25) is 0 Å². The Balaban J connectivity index is 1.91. The van der Waals surface area contributed by atoms with Gasteiger partial charge >= 0.3 is 11.9 Å². The summed E-state index contributed by atoms with van der Waals surface area (Å²) in [5, 5.41) is 9.14. The third kappa shape index (κ3) is 8.22. The van der Waals surface area contributed by atoms with Crippen molar-refractivity contribution in [1.29, 1.82) is 0 Å². The summed E-state index contributed by atoms with van der Waals surface area (Å²) in [7, 11) is 0. The number of aromatic carboxylic acids is 1. The fourth-order valence-electron chi connectivity index (χ4n) is 3.46. The van der Waals surface area contributed by atoms with Gasteiger partial charge in [-0.2, -0.15) is 0 Å². The van der Waals surface area contributed by atoms with Crippen LogP contribution in [-0.2, 0) is 14.2 Å². The molecule has 2 atom stereocenters. The van der Waals surface area contributed by atoms with Gasteiger partial charge in [0.15, 0.2) is 0 Å². The maximum absolute atomic E-state index is 13.9. The molecule has 2 rings (SSSR count). The Kier molecular flexibility index (Phi) is 10.4. The maximum atomic E-state index is 13.9. The summed E-state index contributed by atoms with van der Waals surface area (Å²) >= 11 is 0. The summed E-state index contributed by atoms with van der Waals surface area (Å²) in [6.45, 7) is 6.37. The first-order valence-corrected chi connectivity index (χ1v) is 11.0. The summed E-state index contributed by atoms with van der Waals surface area (Å²) in [5.41, 5.74) is 0.975. The van der Waals surface area contributed by atoms with Crippen LogP contribution < -0.4 is 0 Å². The number of halogens is 2. The molecule has 0 amide bonds. The molecular formula is C25H30F2O6. The van der Waals surface area contributed by atoms with Crippen LogP contribution in [-0.4, -0.2) is 36.9 Å². The van der Waals surface area contributed by atoms with E-state index in [0.717, 1.165) is 12.1 Å². The Bertz CT molecular complexity index is 946. The molecule has 33 heavy (non-hydrogen) atoms. The van der Waals surface area contributed by atoms with E-state index >= 15 is 0 Å². The minimum absolute atomic E-state index is 0.115. The lowest BCUT2D eigenvalue weighted by molar-refractivity contribution is 0.0442. The van der Waals surface area contributed by atoms with E-state index < -0.39 is 29.7 Å². The second-order valence-electron chi connectivity index (χ2n) is 7.52. The van der Waals surface area contributed by atoms with Crippen molar-refractivity contribution in [2.24, 2.45) is 0 Å². The number of rotatable bonds is 13. The van der Waals surface area contributed by atoms with Crippen molar-refractivity contribution < 1.29 is 37.7 Å². The molecule has 0 aliphatic carbocycles. The zero-order valence-electron chi connectivity index (χ0n) is 19.1. The second-order valence-corrected chi connectivity index (χ2v) is 7.52. The molecule has 0 unspecified atom stereocenters. The highest BCUT2D eigenvalue weighted by atomic mass is 19.1. The number of carboxylic acid groups (broad SMARTS) is 1. The fraction of sp³-hybridized carbons (Fsp3) is 0.440. The highest BCUT2D eigenvalue weighted by molar-refractivity contribution is 5.89. The highest BCUT2D eigenvalue weighted by Crippen LogP contribution is 2.26. The van der Waals surface area contributed by atoms with Crippen molar-refractivity contribution in [1.82, 2.24) is 0 Å². The van der Waals surface area contributed by atoms with Gasteiger partial charge in [0.05, 0.1) is 29.9 Å². The lowest BCUT2D eigenvalue weighted by Gasteiger charge is -2.18. The van der Waals surface area contributed by atoms with Gasteiger partial charge in [-0.15, -0.1) is 0 Å². The molecule has 0 aliphatic heterocycles. The zero-order chi connectivity index (χ0) is 24.4. The first-order chi connectivity index (χ1) is 15.7. The summed E-state index contributed by atoms with van der Waals surface area (Å²) in [6, 6.07) is 7.63. The van der Waals surface area contributed by atoms with Gasteiger partial charge in [-0.25, -0.2) is 18.4 Å². The van der Waals surface area contributed by atoms with E-state index in [-0.39, 0.29) is 23.8 Å². The largest absolute Gasteiger partial charge is 0.478 e. The molecule has 1 N–H and O–H groups in total. The van der Waals surface area contributed by atoms with E-state index in [9.17, 15) is 18.4 Å². The number of ether oxygens (including phenoxy) is 3. The van der Waals surface area contributed by atoms with Crippen molar-refractivity contribution >= 4 is 11.9 Å². The Labute approximate surface area is 192 Å². The van der Waals surface area contributed by atoms with Crippen LogP contribution in [0.15, 0.2) is 36.4 Å². The van der Waals surface area contributed by atoms with Crippen LogP contribution in [0.25, 0.3) is 0 Å². The predicted octanol–water partition coefficient (Wildman–Crippen LogP) is 5.87. The standard InChI is InChI=1S/C25H30F2O6/c1-4-31-16(3)17-10-20(15-21(26)12-17)25(30)33-9-7-6-8-23(32-5-2)18-11-19(24(28)29)14-22(27)13-18/h10-16,23H,4-9H2,1-3H3,(H,28,29)/t16-,23-/m0/s1. The molecule has 180 valence electrons. The Morgan fingerprint density at radius 3 is 2.12 bits per heavy atom. The summed E-state index contributed by atoms with van der Waals surface area (Å²) in [5.74, 6) is -3.02. The number of carboxylic acids is 1. The number of hydrogen-bond acceptors (Lipinski definition) is 5. The average molecular weight is 465 g/mol. The first-order valence-electron chi connectivity index (χ1n) is 11.0. The zero-order valence-corrected chi connectivity index (χ0v) is 19.1. The van der Waals surface area contributed by atoms with Gasteiger partial charge in [-0.3, -0.25) is 0 Å². The SMILES string of the molecule is CCO[C@@H](C)c1cc(F)cc(C(=O)OCCCC[C@H](OCC)c2cc(F)cc(C(=O)O)c2)c1. The lowest BCUT2D eigenvalue weighted by Crippen LogP contribution is -2.10. The Morgan fingerprint density at radius 1 is 0.879 bits per heavy atom. The van der Waals surface area contributed by atoms with Gasteiger partial charge in [-0.1, -0.05) is 0 Å². The molecule has 0 spiro atoms. The highest BCUT2D eigenvalue weighted by Gasteiger charge is 2.17. The minimum Gasteiger partial charge on any atom is -0.478 e. The molecule has 6 nitrogen and oxygen atoms in total. The molecule has 0 aromatic heterocycles. The summed E-state index contributed by atoms with van der Waals surface area (Å²) in [4.78, 5) is 23.5. The van der Waals surface area contributed by atoms with E-state index in [2.05, 4.69) is 0 Å². The molecule has 0 radical (unpaired) electrons. The quantitative estimate of drug-likeness (QED) is 0.295. The Morgan fingerprint density at radius 2 is 1.48 bits per heavy atom. The minimum atomic E-state index is -1.21. The normalized spacial score (nSPS) is 12.9. The molecule has 0 saturated heterocycles. The molecule has 0 heterocycles. The molecule has 0 aliphatic rings. The third-order valence-electron chi connectivity index (χ3n) is 5.04. The monoisotopic (exact) mass is 464 g/mol. The van der Waals surface area contributed by atoms with Crippen molar-refractivity contribution in [2.75, 3.05) is 19.8 Å². The lowest BCUT2D eigenvalue weighted by atomic mass is 10.0. The van der Waals surface area contributed by atoms with Crippen molar-refractivity contribution in [3.8, 4) is 0 Å². The fourth-order valence-corrected chi connectivity index (χ4v) is 3.46. The van der Waals surface area contributed by atoms with Crippen LogP contribution in [0.1, 0.15) is 84.1 Å². The van der Waals surface area contributed by atoms with Crippen molar-refractivity contribution in [2.45, 2.75) is 52.2 Å². The Hall–Kier alpha value is -2.84. The van der Waals surface area contributed by atoms with Crippen LogP contribution >= 0.6 is 0 Å². The molecule has 8 heteroatoms. The number of benzene rings is 2. The maximum Gasteiger partial charge on any atom is 0.338 e. The van der Waals surface area contributed by atoms with Crippen LogP contribution in [0.4, 0.5) is 8.78 Å². The van der Waals surface area contributed by atoms with Gasteiger partial charge in [0.2, 0.25) is 0 Å². The van der Waals surface area contributed by atoms with E-state index in [1.165, 1.54) is 18.2 Å². The average Bonchev–Trinajstić information content (AvgIpc) is 2.77. The van der Waals surface area contributed by atoms with E-state index in [1.807, 2.05) is 6.92 Å². The summed E-state index contributed by atoms with van der Waals surface area (Å²) in [6.07, 6.45) is 0.757. The predicted molar refractivity (Wildman–Crippen MR) is 118 cm³/mol. The van der Waals surface area contributed by atoms with Crippen molar-refractivity contribution in [3.05, 3.63) is 70.3 Å². The van der Waals surface area contributed by atoms with Gasteiger partial charge < -0.3 is 19.3 Å². The van der Waals surface area contributed by atoms with E-state index in [1.54, 1.807) is 19.9 Å². The van der Waals surface area contributed by atoms with Gasteiger partial charge in [0.25, 0.3) is 0 Å². The number of esters is 1. The number of unbranched alkanes of at least 4 members (excludes halogenated alkanes) is 1. The molecule has 0 bridgehead atoms. The van der Waals surface area contributed by atoms with Crippen LogP contribution in [0.5, 0.6) is 0 Å². The molecule has 2 aromatic rings. The summed E-state index contributed by atoms with van der Waals surface area (Å²) < 4.78 is 44.1. The molecular weight excluding hydrogens is 434 g/mol. The van der Waals surface area contributed by atoms with Crippen LogP contribution in [0.3, 0.4) is 0 Å². The number of carbonyl (C=O) groups is 2. The van der Waals surface area contributed by atoms with E-state index in [0.29, 0.717) is 43.6 Å². The topological polar surface area (TPSA) is 82.1 Å². The van der Waals surface area contributed by atoms with Gasteiger partial charge in [-0.05, 0) is 87.6 Å². The first kappa shape index (κ1) is 26.4. The smallest absolute Gasteiger partial charge is 0.338 e. The van der Waals surface area contributed by atoms with Gasteiger partial charge in [0, 0.05) is 13.2 Å².